The predicted molar refractivity (Wildman–Crippen MR) is 78.9 cm³/mol. The van der Waals surface area contributed by atoms with Crippen molar-refractivity contribution in [3.8, 4) is 5.75 Å². The molecule has 0 atom stereocenters. The fourth-order valence-electron chi connectivity index (χ4n) is 2.07. The van der Waals surface area contributed by atoms with E-state index >= 15 is 0 Å². The van der Waals surface area contributed by atoms with Crippen LogP contribution in [-0.4, -0.2) is 16.8 Å². The van der Waals surface area contributed by atoms with Crippen LogP contribution in [0.5, 0.6) is 5.75 Å². The van der Waals surface area contributed by atoms with Crippen LogP contribution in [0.2, 0.25) is 0 Å². The number of rotatable bonds is 9. The first-order valence-electron chi connectivity index (χ1n) is 6.83. The normalized spacial score (nSPS) is 10.8. The largest absolute Gasteiger partial charge is 0.506 e. The van der Waals surface area contributed by atoms with Crippen LogP contribution in [0.3, 0.4) is 0 Å². The number of aliphatic hydroxyl groups is 1. The van der Waals surface area contributed by atoms with Crippen LogP contribution in [-0.2, 0) is 6.42 Å². The third kappa shape index (κ3) is 5.87. The summed E-state index contributed by atoms with van der Waals surface area (Å²) in [6.07, 6.45) is 9.10. The summed E-state index contributed by atoms with van der Waals surface area (Å²) in [5.74, 6) is 0.389. The second kappa shape index (κ2) is 9.40. The van der Waals surface area contributed by atoms with Gasteiger partial charge in [0.1, 0.15) is 5.75 Å². The Bertz CT molecular complexity index is 339. The van der Waals surface area contributed by atoms with Crippen LogP contribution in [0.25, 0.3) is 0 Å². The highest BCUT2D eigenvalue weighted by Crippen LogP contribution is 2.28. The first-order valence-corrected chi connectivity index (χ1v) is 7.62. The van der Waals surface area contributed by atoms with Gasteiger partial charge in [-0.2, -0.15) is 0 Å². The number of aliphatic hydroxyl groups excluding tert-OH is 1. The molecule has 0 unspecified atom stereocenters. The summed E-state index contributed by atoms with van der Waals surface area (Å²) in [7, 11) is 0. The average Bonchev–Trinajstić information content (AvgIpc) is 2.37. The lowest BCUT2D eigenvalue weighted by Crippen LogP contribution is -1.88. The molecule has 0 fully saturated rings. The van der Waals surface area contributed by atoms with Gasteiger partial charge in [-0.3, -0.25) is 0 Å². The number of benzene rings is 1. The zero-order valence-corrected chi connectivity index (χ0v) is 12.5. The second-order valence-electron chi connectivity index (χ2n) is 4.70. The number of phenolic OH excluding ortho intramolecular Hbond substituents is 1. The van der Waals surface area contributed by atoms with Crippen LogP contribution in [0.1, 0.15) is 50.5 Å². The zero-order chi connectivity index (χ0) is 13.2. The maximum atomic E-state index is 9.83. The molecule has 0 radical (unpaired) electrons. The van der Waals surface area contributed by atoms with Gasteiger partial charge in [0.2, 0.25) is 0 Å². The van der Waals surface area contributed by atoms with E-state index in [0.29, 0.717) is 12.4 Å². The monoisotopic (exact) mass is 314 g/mol. The summed E-state index contributed by atoms with van der Waals surface area (Å²) in [4.78, 5) is 0. The molecule has 102 valence electrons. The van der Waals surface area contributed by atoms with Gasteiger partial charge >= 0.3 is 0 Å². The van der Waals surface area contributed by atoms with E-state index in [1.807, 2.05) is 18.2 Å². The lowest BCUT2D eigenvalue weighted by Gasteiger charge is -2.06. The van der Waals surface area contributed by atoms with Crippen molar-refractivity contribution >= 4 is 15.9 Å². The van der Waals surface area contributed by atoms with Gasteiger partial charge in [0.15, 0.2) is 0 Å². The highest BCUT2D eigenvalue weighted by Gasteiger charge is 2.03. The van der Waals surface area contributed by atoms with Crippen molar-refractivity contribution in [1.82, 2.24) is 0 Å². The number of halogens is 1. The van der Waals surface area contributed by atoms with Gasteiger partial charge in [-0.1, -0.05) is 44.2 Å². The Morgan fingerprint density at radius 1 is 0.889 bits per heavy atom. The molecule has 1 aromatic rings. The minimum atomic E-state index is 0.322. The molecule has 2 nitrogen and oxygen atoms in total. The Morgan fingerprint density at radius 2 is 1.50 bits per heavy atom. The van der Waals surface area contributed by atoms with E-state index < -0.39 is 0 Å². The van der Waals surface area contributed by atoms with Crippen LogP contribution < -0.4 is 0 Å². The van der Waals surface area contributed by atoms with E-state index in [-0.39, 0.29) is 0 Å². The van der Waals surface area contributed by atoms with Crippen molar-refractivity contribution in [2.75, 3.05) is 6.61 Å². The van der Waals surface area contributed by atoms with E-state index in [0.717, 1.165) is 35.7 Å². The van der Waals surface area contributed by atoms with Crippen molar-refractivity contribution in [3.05, 3.63) is 28.2 Å². The summed E-state index contributed by atoms with van der Waals surface area (Å²) in [5.41, 5.74) is 1.03. The molecule has 0 aliphatic rings. The average molecular weight is 315 g/mol. The molecule has 0 heterocycles. The van der Waals surface area contributed by atoms with E-state index in [1.165, 1.54) is 25.7 Å². The van der Waals surface area contributed by atoms with E-state index in [1.54, 1.807) is 0 Å². The summed E-state index contributed by atoms with van der Waals surface area (Å²) < 4.78 is 0.781. The molecule has 2 N–H and O–H groups in total. The molecule has 0 aliphatic heterocycles. The molecule has 0 aromatic heterocycles. The highest BCUT2D eigenvalue weighted by molar-refractivity contribution is 9.10. The first-order chi connectivity index (χ1) is 8.75. The molecule has 0 aliphatic carbocycles. The lowest BCUT2D eigenvalue weighted by molar-refractivity contribution is 0.282. The lowest BCUT2D eigenvalue weighted by atomic mass is 10.0. The molecule has 0 amide bonds. The molecule has 0 spiro atoms. The van der Waals surface area contributed by atoms with Gasteiger partial charge < -0.3 is 10.2 Å². The molecule has 1 aromatic carbocycles. The van der Waals surface area contributed by atoms with Gasteiger partial charge in [-0.15, -0.1) is 0 Å². The Labute approximate surface area is 118 Å². The van der Waals surface area contributed by atoms with Crippen LogP contribution in [0, 0.1) is 0 Å². The van der Waals surface area contributed by atoms with Crippen molar-refractivity contribution < 1.29 is 10.2 Å². The van der Waals surface area contributed by atoms with Crippen LogP contribution >= 0.6 is 15.9 Å². The predicted octanol–water partition coefficient (Wildman–Crippen LogP) is 4.42. The minimum absolute atomic E-state index is 0.322. The standard InChI is InChI=1S/C15H23BrO2/c16-14-11-8-10-13(15(14)18)9-6-4-2-1-3-5-7-12-17/h8,10-11,17-18H,1-7,9,12H2. The summed E-state index contributed by atoms with van der Waals surface area (Å²) in [6, 6.07) is 5.81. The Kier molecular flexibility index (Phi) is 8.10. The van der Waals surface area contributed by atoms with Gasteiger partial charge in [0, 0.05) is 6.61 Å². The van der Waals surface area contributed by atoms with Gasteiger partial charge in [-0.25, -0.2) is 0 Å². The Hall–Kier alpha value is -0.540. The molecular formula is C15H23BrO2. The molecule has 0 saturated heterocycles. The third-order valence-electron chi connectivity index (χ3n) is 3.17. The molecule has 1 rings (SSSR count). The summed E-state index contributed by atoms with van der Waals surface area (Å²) in [6.45, 7) is 0.322. The zero-order valence-electron chi connectivity index (χ0n) is 10.9. The van der Waals surface area contributed by atoms with Gasteiger partial charge in [0.05, 0.1) is 4.47 Å². The maximum Gasteiger partial charge on any atom is 0.132 e. The highest BCUT2D eigenvalue weighted by atomic mass is 79.9. The number of unbranched alkanes of at least 4 members (excludes halogenated alkanes) is 6. The van der Waals surface area contributed by atoms with E-state index in [9.17, 15) is 5.11 Å². The topological polar surface area (TPSA) is 40.5 Å². The van der Waals surface area contributed by atoms with Crippen molar-refractivity contribution in [3.63, 3.8) is 0 Å². The van der Waals surface area contributed by atoms with Crippen molar-refractivity contribution in [2.24, 2.45) is 0 Å². The Balaban J connectivity index is 2.09. The summed E-state index contributed by atoms with van der Waals surface area (Å²) in [5, 5.41) is 18.5. The molecule has 3 heteroatoms. The third-order valence-corrected chi connectivity index (χ3v) is 3.81. The fraction of sp³-hybridized carbons (Fsp3) is 0.600. The smallest absolute Gasteiger partial charge is 0.132 e. The minimum Gasteiger partial charge on any atom is -0.506 e. The first kappa shape index (κ1) is 15.5. The molecule has 0 bridgehead atoms. The van der Waals surface area contributed by atoms with Crippen LogP contribution in [0.4, 0.5) is 0 Å². The second-order valence-corrected chi connectivity index (χ2v) is 5.55. The quantitative estimate of drug-likeness (QED) is 0.662. The maximum absolute atomic E-state index is 9.83. The van der Waals surface area contributed by atoms with Crippen LogP contribution in [0.15, 0.2) is 22.7 Å². The number of para-hydroxylation sites is 1. The molecule has 18 heavy (non-hydrogen) atoms. The number of aryl methyl sites for hydroxylation is 1. The van der Waals surface area contributed by atoms with E-state index in [2.05, 4.69) is 15.9 Å². The molecule has 0 saturated carbocycles. The number of aromatic hydroxyl groups is 1. The SMILES string of the molecule is OCCCCCCCCCc1cccc(Br)c1O. The number of phenols is 1. The summed E-state index contributed by atoms with van der Waals surface area (Å²) >= 11 is 3.33. The van der Waals surface area contributed by atoms with Crippen molar-refractivity contribution in [1.29, 1.82) is 0 Å². The van der Waals surface area contributed by atoms with E-state index in [4.69, 9.17) is 5.11 Å². The molecular weight excluding hydrogens is 292 g/mol. The van der Waals surface area contributed by atoms with Gasteiger partial charge in [0.25, 0.3) is 0 Å². The van der Waals surface area contributed by atoms with Crippen molar-refractivity contribution in [2.45, 2.75) is 51.4 Å². The number of hydrogen-bond donors (Lipinski definition) is 2. The fourth-order valence-corrected chi connectivity index (χ4v) is 2.48. The van der Waals surface area contributed by atoms with Gasteiger partial charge in [-0.05, 0) is 46.8 Å². The number of hydrogen-bond acceptors (Lipinski definition) is 2. The Morgan fingerprint density at radius 3 is 2.17 bits per heavy atom.